The monoisotopic (exact) mass is 331 g/mol. The Bertz CT molecular complexity index is 641. The molecule has 0 atom stereocenters. The van der Waals surface area contributed by atoms with Gasteiger partial charge in [-0.25, -0.2) is 0 Å². The van der Waals surface area contributed by atoms with Gasteiger partial charge < -0.3 is 10.6 Å². The summed E-state index contributed by atoms with van der Waals surface area (Å²) in [6.07, 6.45) is 4.38. The van der Waals surface area contributed by atoms with Gasteiger partial charge in [-0.05, 0) is 36.1 Å². The molecule has 2 rings (SSSR count). The van der Waals surface area contributed by atoms with E-state index in [1.165, 1.54) is 0 Å². The molecule has 23 heavy (non-hydrogen) atoms. The molecule has 1 heterocycles. The third-order valence-electron chi connectivity index (χ3n) is 3.42. The fourth-order valence-electron chi connectivity index (χ4n) is 2.05. The first kappa shape index (κ1) is 17.3. The molecule has 0 spiro atoms. The number of anilines is 1. The number of pyridine rings is 1. The molecule has 1 amide bonds. The fraction of sp³-hybridized carbons (Fsp3) is 0.333. The largest absolute Gasteiger partial charge is 0.384 e. The van der Waals surface area contributed by atoms with Crippen LogP contribution in [0.5, 0.6) is 0 Å². The minimum Gasteiger partial charge on any atom is -0.384 e. The van der Waals surface area contributed by atoms with Gasteiger partial charge in [-0.15, -0.1) is 0 Å². The molecule has 0 aliphatic rings. The molecule has 0 radical (unpaired) electrons. The average molecular weight is 332 g/mol. The Kier molecular flexibility index (Phi) is 6.41. The van der Waals surface area contributed by atoms with Crippen LogP contribution in [0.4, 0.5) is 5.69 Å². The SMILES string of the molecule is CC(C)CCNc1cncc(C(=O)NCc2ccc(Cl)cc2)c1. The van der Waals surface area contributed by atoms with Gasteiger partial charge in [0.25, 0.3) is 5.91 Å². The van der Waals surface area contributed by atoms with Crippen molar-refractivity contribution in [2.45, 2.75) is 26.8 Å². The zero-order valence-corrected chi connectivity index (χ0v) is 14.2. The van der Waals surface area contributed by atoms with Crippen LogP contribution < -0.4 is 10.6 Å². The van der Waals surface area contributed by atoms with E-state index in [0.29, 0.717) is 23.0 Å². The molecule has 0 unspecified atom stereocenters. The molecular formula is C18H22ClN3O. The summed E-state index contributed by atoms with van der Waals surface area (Å²) in [7, 11) is 0. The maximum atomic E-state index is 12.2. The molecule has 0 aliphatic carbocycles. The van der Waals surface area contributed by atoms with Gasteiger partial charge in [0.15, 0.2) is 0 Å². The molecule has 122 valence electrons. The lowest BCUT2D eigenvalue weighted by molar-refractivity contribution is 0.0950. The number of amides is 1. The summed E-state index contributed by atoms with van der Waals surface area (Å²) in [5.41, 5.74) is 2.42. The first-order chi connectivity index (χ1) is 11.0. The normalized spacial score (nSPS) is 10.6. The van der Waals surface area contributed by atoms with E-state index in [4.69, 9.17) is 11.6 Å². The standard InChI is InChI=1S/C18H22ClN3O/c1-13(2)7-8-21-17-9-15(11-20-12-17)18(23)22-10-14-3-5-16(19)6-4-14/h3-6,9,11-13,21H,7-8,10H2,1-2H3,(H,22,23). The van der Waals surface area contributed by atoms with Crippen LogP contribution in [0, 0.1) is 5.92 Å². The van der Waals surface area contributed by atoms with E-state index >= 15 is 0 Å². The highest BCUT2D eigenvalue weighted by Gasteiger charge is 2.07. The highest BCUT2D eigenvalue weighted by Crippen LogP contribution is 2.11. The molecule has 2 aromatic rings. The second-order valence-corrected chi connectivity index (χ2v) is 6.32. The average Bonchev–Trinajstić information content (AvgIpc) is 2.54. The summed E-state index contributed by atoms with van der Waals surface area (Å²) in [6.45, 7) is 5.69. The minimum absolute atomic E-state index is 0.139. The highest BCUT2D eigenvalue weighted by molar-refractivity contribution is 6.30. The lowest BCUT2D eigenvalue weighted by atomic mass is 10.1. The minimum atomic E-state index is -0.139. The molecular weight excluding hydrogens is 310 g/mol. The molecule has 4 nitrogen and oxygen atoms in total. The van der Waals surface area contributed by atoms with Gasteiger partial charge in [-0.1, -0.05) is 37.6 Å². The van der Waals surface area contributed by atoms with Crippen molar-refractivity contribution in [3.05, 3.63) is 58.9 Å². The Morgan fingerprint density at radius 3 is 2.65 bits per heavy atom. The number of benzene rings is 1. The van der Waals surface area contributed by atoms with Crippen molar-refractivity contribution in [1.29, 1.82) is 0 Å². The summed E-state index contributed by atoms with van der Waals surface area (Å²) in [5, 5.41) is 6.87. The number of aromatic nitrogens is 1. The number of nitrogens with one attached hydrogen (secondary N) is 2. The molecule has 0 aliphatic heterocycles. The first-order valence-corrected chi connectivity index (χ1v) is 8.14. The molecule has 0 bridgehead atoms. The summed E-state index contributed by atoms with van der Waals surface area (Å²) < 4.78 is 0. The van der Waals surface area contributed by atoms with E-state index in [1.54, 1.807) is 12.4 Å². The Labute approximate surface area is 142 Å². The van der Waals surface area contributed by atoms with Crippen LogP contribution in [-0.2, 0) is 6.54 Å². The highest BCUT2D eigenvalue weighted by atomic mass is 35.5. The number of carbonyl (C=O) groups is 1. The molecule has 5 heteroatoms. The van der Waals surface area contributed by atoms with E-state index in [2.05, 4.69) is 29.5 Å². The Morgan fingerprint density at radius 1 is 1.22 bits per heavy atom. The van der Waals surface area contributed by atoms with Gasteiger partial charge in [0.05, 0.1) is 11.3 Å². The van der Waals surface area contributed by atoms with Crippen molar-refractivity contribution in [2.24, 2.45) is 5.92 Å². The van der Waals surface area contributed by atoms with Gasteiger partial charge in [0.1, 0.15) is 0 Å². The van der Waals surface area contributed by atoms with Crippen molar-refractivity contribution in [2.75, 3.05) is 11.9 Å². The van der Waals surface area contributed by atoms with Crippen molar-refractivity contribution in [3.8, 4) is 0 Å². The van der Waals surface area contributed by atoms with Crippen LogP contribution in [0.2, 0.25) is 5.02 Å². The molecule has 2 N–H and O–H groups in total. The van der Waals surface area contributed by atoms with Crippen LogP contribution in [0.1, 0.15) is 36.2 Å². The lowest BCUT2D eigenvalue weighted by Crippen LogP contribution is -2.23. The molecule has 1 aromatic heterocycles. The van der Waals surface area contributed by atoms with E-state index in [9.17, 15) is 4.79 Å². The Morgan fingerprint density at radius 2 is 1.96 bits per heavy atom. The van der Waals surface area contributed by atoms with Gasteiger partial charge in [-0.3, -0.25) is 9.78 Å². The zero-order valence-electron chi connectivity index (χ0n) is 13.5. The quantitative estimate of drug-likeness (QED) is 0.802. The van der Waals surface area contributed by atoms with Crippen molar-refractivity contribution in [1.82, 2.24) is 10.3 Å². The molecule has 1 aromatic carbocycles. The second-order valence-electron chi connectivity index (χ2n) is 5.88. The van der Waals surface area contributed by atoms with E-state index in [0.717, 1.165) is 24.2 Å². The smallest absolute Gasteiger partial charge is 0.253 e. The van der Waals surface area contributed by atoms with Crippen molar-refractivity contribution >= 4 is 23.2 Å². The molecule has 0 fully saturated rings. The molecule has 0 saturated heterocycles. The maximum absolute atomic E-state index is 12.2. The number of carbonyl (C=O) groups excluding carboxylic acids is 1. The van der Waals surface area contributed by atoms with Gasteiger partial charge in [0.2, 0.25) is 0 Å². The number of hydrogen-bond acceptors (Lipinski definition) is 3. The number of nitrogens with zero attached hydrogens (tertiary/aromatic N) is 1. The van der Waals surface area contributed by atoms with Crippen LogP contribution >= 0.6 is 11.6 Å². The summed E-state index contributed by atoms with van der Waals surface area (Å²) in [4.78, 5) is 16.3. The number of rotatable bonds is 7. The maximum Gasteiger partial charge on any atom is 0.253 e. The lowest BCUT2D eigenvalue weighted by Gasteiger charge is -2.10. The van der Waals surface area contributed by atoms with Crippen LogP contribution in [0.25, 0.3) is 0 Å². The Balaban J connectivity index is 1.90. The first-order valence-electron chi connectivity index (χ1n) is 7.76. The van der Waals surface area contributed by atoms with Gasteiger partial charge >= 0.3 is 0 Å². The second kappa shape index (κ2) is 8.53. The van der Waals surface area contributed by atoms with Gasteiger partial charge in [0, 0.05) is 30.5 Å². The third-order valence-corrected chi connectivity index (χ3v) is 3.67. The Hall–Kier alpha value is -2.07. The van der Waals surface area contributed by atoms with Crippen LogP contribution in [0.3, 0.4) is 0 Å². The zero-order chi connectivity index (χ0) is 16.7. The van der Waals surface area contributed by atoms with Crippen molar-refractivity contribution in [3.63, 3.8) is 0 Å². The van der Waals surface area contributed by atoms with Crippen LogP contribution in [0.15, 0.2) is 42.7 Å². The third kappa shape index (κ3) is 5.91. The summed E-state index contributed by atoms with van der Waals surface area (Å²) in [6, 6.07) is 9.23. The molecule has 0 saturated carbocycles. The van der Waals surface area contributed by atoms with E-state index in [1.807, 2.05) is 30.3 Å². The summed E-state index contributed by atoms with van der Waals surface area (Å²) in [5.74, 6) is 0.501. The summed E-state index contributed by atoms with van der Waals surface area (Å²) >= 11 is 5.85. The fourth-order valence-corrected chi connectivity index (χ4v) is 2.18. The number of hydrogen-bond donors (Lipinski definition) is 2. The topological polar surface area (TPSA) is 54.0 Å². The number of halogens is 1. The van der Waals surface area contributed by atoms with Gasteiger partial charge in [-0.2, -0.15) is 0 Å². The van der Waals surface area contributed by atoms with Crippen LogP contribution in [-0.4, -0.2) is 17.4 Å². The van der Waals surface area contributed by atoms with Crippen molar-refractivity contribution < 1.29 is 4.79 Å². The predicted octanol–water partition coefficient (Wildman–Crippen LogP) is 4.12. The predicted molar refractivity (Wildman–Crippen MR) is 94.8 cm³/mol. The van der Waals surface area contributed by atoms with E-state index in [-0.39, 0.29) is 5.91 Å². The van der Waals surface area contributed by atoms with E-state index < -0.39 is 0 Å².